The van der Waals surface area contributed by atoms with Crippen LogP contribution in [-0.4, -0.2) is 19.6 Å². The fourth-order valence-corrected chi connectivity index (χ4v) is 3.34. The molecule has 1 aromatic heterocycles. The van der Waals surface area contributed by atoms with Crippen LogP contribution in [0.1, 0.15) is 23.3 Å². The molecule has 0 bridgehead atoms. The van der Waals surface area contributed by atoms with Gasteiger partial charge in [-0.25, -0.2) is 0 Å². The second kappa shape index (κ2) is 6.97. The third-order valence-corrected chi connectivity index (χ3v) is 5.12. The van der Waals surface area contributed by atoms with E-state index >= 15 is 0 Å². The molecule has 1 aliphatic rings. The Morgan fingerprint density at radius 3 is 2.59 bits per heavy atom. The molecule has 1 aromatic carbocycles. The predicted octanol–water partition coefficient (Wildman–Crippen LogP) is 3.44. The van der Waals surface area contributed by atoms with E-state index < -0.39 is 0 Å². The monoisotopic (exact) mass is 313 g/mol. The summed E-state index contributed by atoms with van der Waals surface area (Å²) >= 11 is 1.77. The van der Waals surface area contributed by atoms with Gasteiger partial charge in [0.15, 0.2) is 5.96 Å². The van der Waals surface area contributed by atoms with Gasteiger partial charge >= 0.3 is 0 Å². The molecule has 0 saturated heterocycles. The molecule has 1 fully saturated rings. The maximum atomic E-state index is 4.32. The van der Waals surface area contributed by atoms with E-state index in [2.05, 4.69) is 63.5 Å². The van der Waals surface area contributed by atoms with Crippen LogP contribution in [0.15, 0.2) is 52.8 Å². The van der Waals surface area contributed by atoms with Crippen molar-refractivity contribution in [1.29, 1.82) is 0 Å². The van der Waals surface area contributed by atoms with Crippen LogP contribution in [-0.2, 0) is 13.0 Å². The van der Waals surface area contributed by atoms with Gasteiger partial charge in [0.25, 0.3) is 0 Å². The van der Waals surface area contributed by atoms with Crippen molar-refractivity contribution in [3.8, 4) is 0 Å². The Morgan fingerprint density at radius 1 is 1.14 bits per heavy atom. The number of nitrogens with zero attached hydrogens (tertiary/aromatic N) is 1. The second-order valence-corrected chi connectivity index (χ2v) is 7.05. The summed E-state index contributed by atoms with van der Waals surface area (Å²) in [7, 11) is 1.83. The molecular formula is C18H23N3S. The summed E-state index contributed by atoms with van der Waals surface area (Å²) in [5.41, 5.74) is 1.85. The Labute approximate surface area is 136 Å². The number of thiophene rings is 1. The third-order valence-electron chi connectivity index (χ3n) is 4.24. The molecule has 0 atom stereocenters. The van der Waals surface area contributed by atoms with E-state index in [9.17, 15) is 0 Å². The molecule has 22 heavy (non-hydrogen) atoms. The average Bonchev–Trinajstić information content (AvgIpc) is 3.11. The maximum Gasteiger partial charge on any atom is 0.191 e. The number of hydrogen-bond donors (Lipinski definition) is 2. The molecule has 2 aromatic rings. The van der Waals surface area contributed by atoms with Crippen molar-refractivity contribution in [3.63, 3.8) is 0 Å². The molecule has 0 unspecified atom stereocenters. The number of guanidine groups is 1. The summed E-state index contributed by atoms with van der Waals surface area (Å²) in [6.45, 7) is 1.83. The van der Waals surface area contributed by atoms with E-state index in [0.29, 0.717) is 5.41 Å². The summed E-state index contributed by atoms with van der Waals surface area (Å²) in [6.07, 6.45) is 3.76. The highest BCUT2D eigenvalue weighted by atomic mass is 32.1. The molecule has 3 nitrogen and oxygen atoms in total. The summed E-state index contributed by atoms with van der Waals surface area (Å²) in [5, 5.41) is 8.99. The van der Waals surface area contributed by atoms with Gasteiger partial charge in [-0.05, 0) is 41.7 Å². The molecular weight excluding hydrogens is 290 g/mol. The van der Waals surface area contributed by atoms with E-state index in [1.54, 1.807) is 11.3 Å². The van der Waals surface area contributed by atoms with Gasteiger partial charge in [0, 0.05) is 18.5 Å². The number of hydrogen-bond acceptors (Lipinski definition) is 2. The van der Waals surface area contributed by atoms with Gasteiger partial charge in [0.2, 0.25) is 0 Å². The first-order valence-corrected chi connectivity index (χ1v) is 8.68. The highest BCUT2D eigenvalue weighted by Gasteiger charge is 2.42. The highest BCUT2D eigenvalue weighted by molar-refractivity contribution is 7.09. The SMILES string of the molecule is CN=C(NCc1cccs1)NCC1(Cc2ccccc2)CC1. The highest BCUT2D eigenvalue weighted by Crippen LogP contribution is 2.47. The molecule has 0 radical (unpaired) electrons. The first kappa shape index (κ1) is 15.1. The van der Waals surface area contributed by atoms with Crippen molar-refractivity contribution in [2.45, 2.75) is 25.8 Å². The summed E-state index contributed by atoms with van der Waals surface area (Å²) < 4.78 is 0. The molecule has 1 aliphatic carbocycles. The first-order valence-electron chi connectivity index (χ1n) is 7.81. The van der Waals surface area contributed by atoms with Crippen LogP contribution in [0.3, 0.4) is 0 Å². The Kier molecular flexibility index (Phi) is 4.78. The van der Waals surface area contributed by atoms with Crippen molar-refractivity contribution in [2.24, 2.45) is 10.4 Å². The Morgan fingerprint density at radius 2 is 1.95 bits per heavy atom. The fourth-order valence-electron chi connectivity index (χ4n) is 2.70. The molecule has 1 saturated carbocycles. The van der Waals surface area contributed by atoms with Crippen molar-refractivity contribution in [3.05, 3.63) is 58.3 Å². The molecule has 116 valence electrons. The molecule has 1 heterocycles. The van der Waals surface area contributed by atoms with Crippen LogP contribution in [0.2, 0.25) is 0 Å². The first-order chi connectivity index (χ1) is 10.8. The lowest BCUT2D eigenvalue weighted by Gasteiger charge is -2.18. The standard InChI is InChI=1S/C18H23N3S/c1-19-17(20-13-16-8-5-11-22-16)21-14-18(9-10-18)12-15-6-3-2-4-7-15/h2-8,11H,9-10,12-14H2,1H3,(H2,19,20,21). The van der Waals surface area contributed by atoms with Crippen LogP contribution in [0.25, 0.3) is 0 Å². The smallest absolute Gasteiger partial charge is 0.191 e. The fraction of sp³-hybridized carbons (Fsp3) is 0.389. The topological polar surface area (TPSA) is 36.4 Å². The lowest BCUT2D eigenvalue weighted by atomic mass is 9.96. The zero-order valence-electron chi connectivity index (χ0n) is 13.0. The third kappa shape index (κ3) is 4.10. The van der Waals surface area contributed by atoms with Gasteiger partial charge in [-0.3, -0.25) is 4.99 Å². The van der Waals surface area contributed by atoms with Gasteiger partial charge in [-0.15, -0.1) is 11.3 Å². The van der Waals surface area contributed by atoms with Crippen molar-refractivity contribution in [1.82, 2.24) is 10.6 Å². The lowest BCUT2D eigenvalue weighted by molar-refractivity contribution is 0.492. The Bertz CT molecular complexity index is 601. The van der Waals surface area contributed by atoms with Crippen LogP contribution in [0, 0.1) is 5.41 Å². The van der Waals surface area contributed by atoms with E-state index in [4.69, 9.17) is 0 Å². The van der Waals surface area contributed by atoms with Gasteiger partial charge in [-0.2, -0.15) is 0 Å². The zero-order valence-corrected chi connectivity index (χ0v) is 13.8. The van der Waals surface area contributed by atoms with E-state index in [1.807, 2.05) is 7.05 Å². The minimum absolute atomic E-state index is 0.419. The molecule has 0 amide bonds. The number of benzene rings is 1. The van der Waals surface area contributed by atoms with Gasteiger partial charge in [-0.1, -0.05) is 36.4 Å². The van der Waals surface area contributed by atoms with Crippen LogP contribution in [0.4, 0.5) is 0 Å². The number of aliphatic imine (C=N–C) groups is 1. The lowest BCUT2D eigenvalue weighted by Crippen LogP contribution is -2.40. The Hall–Kier alpha value is -1.81. The average molecular weight is 313 g/mol. The zero-order chi connectivity index (χ0) is 15.3. The minimum Gasteiger partial charge on any atom is -0.356 e. The largest absolute Gasteiger partial charge is 0.356 e. The minimum atomic E-state index is 0.419. The predicted molar refractivity (Wildman–Crippen MR) is 94.3 cm³/mol. The number of nitrogens with one attached hydrogen (secondary N) is 2. The van der Waals surface area contributed by atoms with E-state index in [1.165, 1.54) is 23.3 Å². The van der Waals surface area contributed by atoms with Crippen molar-refractivity contribution < 1.29 is 0 Å². The summed E-state index contributed by atoms with van der Waals surface area (Å²) in [4.78, 5) is 5.65. The molecule has 4 heteroatoms. The summed E-state index contributed by atoms with van der Waals surface area (Å²) in [6, 6.07) is 15.0. The van der Waals surface area contributed by atoms with Gasteiger partial charge < -0.3 is 10.6 Å². The van der Waals surface area contributed by atoms with Crippen molar-refractivity contribution >= 4 is 17.3 Å². The summed E-state index contributed by atoms with van der Waals surface area (Å²) in [5.74, 6) is 0.896. The number of rotatable bonds is 6. The normalized spacial score (nSPS) is 16.3. The van der Waals surface area contributed by atoms with E-state index in [-0.39, 0.29) is 0 Å². The molecule has 3 rings (SSSR count). The molecule has 0 spiro atoms. The van der Waals surface area contributed by atoms with Crippen LogP contribution >= 0.6 is 11.3 Å². The molecule has 2 N–H and O–H groups in total. The van der Waals surface area contributed by atoms with Crippen LogP contribution < -0.4 is 10.6 Å². The second-order valence-electron chi connectivity index (χ2n) is 6.02. The van der Waals surface area contributed by atoms with Crippen LogP contribution in [0.5, 0.6) is 0 Å². The Balaban J connectivity index is 1.48. The van der Waals surface area contributed by atoms with E-state index in [0.717, 1.165) is 25.5 Å². The van der Waals surface area contributed by atoms with Gasteiger partial charge in [0.1, 0.15) is 0 Å². The quantitative estimate of drug-likeness (QED) is 0.633. The molecule has 0 aliphatic heterocycles. The van der Waals surface area contributed by atoms with Gasteiger partial charge in [0.05, 0.1) is 6.54 Å². The van der Waals surface area contributed by atoms with Crippen molar-refractivity contribution in [2.75, 3.05) is 13.6 Å². The maximum absolute atomic E-state index is 4.32.